The standard InChI is InChI=1S/C8H8ClNO2/c1-6(11)7-2-4-8(5-3-7)10-12-9/h2-5,10H,1H3. The number of carbonyl (C=O) groups excluding carboxylic acids is 1. The van der Waals surface area contributed by atoms with E-state index in [1.807, 2.05) is 0 Å². The summed E-state index contributed by atoms with van der Waals surface area (Å²) in [5.74, 6) is 0.0355. The lowest BCUT2D eigenvalue weighted by atomic mass is 10.1. The Morgan fingerprint density at radius 3 is 2.42 bits per heavy atom. The van der Waals surface area contributed by atoms with Gasteiger partial charge >= 0.3 is 0 Å². The first-order valence-corrected chi connectivity index (χ1v) is 3.69. The fraction of sp³-hybridized carbons (Fsp3) is 0.125. The van der Waals surface area contributed by atoms with E-state index in [9.17, 15) is 4.79 Å². The van der Waals surface area contributed by atoms with E-state index in [0.717, 1.165) is 0 Å². The second-order valence-corrected chi connectivity index (χ2v) is 2.47. The maximum absolute atomic E-state index is 10.8. The Morgan fingerprint density at radius 1 is 1.42 bits per heavy atom. The normalized spacial score (nSPS) is 9.50. The Labute approximate surface area is 75.4 Å². The Balaban J connectivity index is 2.78. The minimum atomic E-state index is 0.0355. The van der Waals surface area contributed by atoms with Gasteiger partial charge in [-0.2, -0.15) is 4.39 Å². The molecule has 0 unspecified atom stereocenters. The molecule has 12 heavy (non-hydrogen) atoms. The predicted molar refractivity (Wildman–Crippen MR) is 47.0 cm³/mol. The maximum atomic E-state index is 10.8. The van der Waals surface area contributed by atoms with Crippen molar-refractivity contribution in [3.8, 4) is 0 Å². The largest absolute Gasteiger partial charge is 0.295 e. The highest BCUT2D eigenvalue weighted by Crippen LogP contribution is 2.09. The molecule has 0 fully saturated rings. The highest BCUT2D eigenvalue weighted by atomic mass is 35.5. The van der Waals surface area contributed by atoms with E-state index in [0.29, 0.717) is 11.3 Å². The van der Waals surface area contributed by atoms with Crippen LogP contribution in [0.5, 0.6) is 0 Å². The smallest absolute Gasteiger partial charge is 0.159 e. The number of hydrogen-bond acceptors (Lipinski definition) is 3. The first-order valence-electron chi connectivity index (χ1n) is 3.38. The summed E-state index contributed by atoms with van der Waals surface area (Å²) in [7, 11) is 0. The second kappa shape index (κ2) is 4.09. The fourth-order valence-corrected chi connectivity index (χ4v) is 0.907. The van der Waals surface area contributed by atoms with Gasteiger partial charge in [0.1, 0.15) is 0 Å². The molecule has 0 aromatic heterocycles. The summed E-state index contributed by atoms with van der Waals surface area (Å²) >= 11 is 4.96. The molecule has 0 heterocycles. The number of hydrogen-bond donors (Lipinski definition) is 1. The average Bonchev–Trinajstić information content (AvgIpc) is 2.06. The Hall–Kier alpha value is -1.06. The number of anilines is 1. The summed E-state index contributed by atoms with van der Waals surface area (Å²) in [4.78, 5) is 10.8. The number of halogens is 1. The van der Waals surface area contributed by atoms with Crippen molar-refractivity contribution in [2.75, 3.05) is 5.48 Å². The molecule has 1 N–H and O–H groups in total. The Kier molecular flexibility index (Phi) is 3.08. The van der Waals surface area contributed by atoms with E-state index in [1.165, 1.54) is 6.92 Å². The van der Waals surface area contributed by atoms with Crippen molar-refractivity contribution >= 4 is 23.3 Å². The van der Waals surface area contributed by atoms with Crippen LogP contribution in [0.25, 0.3) is 0 Å². The average molecular weight is 186 g/mol. The van der Waals surface area contributed by atoms with Crippen LogP contribution in [0, 0.1) is 0 Å². The van der Waals surface area contributed by atoms with Gasteiger partial charge in [-0.15, -0.1) is 0 Å². The van der Waals surface area contributed by atoms with Crippen LogP contribution in [0.4, 0.5) is 5.69 Å². The Bertz CT molecular complexity index is 271. The van der Waals surface area contributed by atoms with E-state index >= 15 is 0 Å². The van der Waals surface area contributed by atoms with Crippen molar-refractivity contribution in [3.05, 3.63) is 29.8 Å². The molecule has 1 rings (SSSR count). The summed E-state index contributed by atoms with van der Waals surface area (Å²) in [6, 6.07) is 6.80. The quantitative estimate of drug-likeness (QED) is 0.581. The number of carbonyl (C=O) groups is 1. The van der Waals surface area contributed by atoms with Crippen LogP contribution in [0.2, 0.25) is 0 Å². The molecular weight excluding hydrogens is 178 g/mol. The minimum Gasteiger partial charge on any atom is -0.295 e. The van der Waals surface area contributed by atoms with Gasteiger partial charge in [0.25, 0.3) is 0 Å². The number of ketones is 1. The molecule has 0 bridgehead atoms. The van der Waals surface area contributed by atoms with Gasteiger partial charge < -0.3 is 0 Å². The molecule has 4 heteroatoms. The highest BCUT2D eigenvalue weighted by Gasteiger charge is 1.97. The molecule has 1 aromatic carbocycles. The molecule has 0 amide bonds. The topological polar surface area (TPSA) is 38.3 Å². The molecule has 64 valence electrons. The number of nitrogens with one attached hydrogen (secondary N) is 1. The van der Waals surface area contributed by atoms with Crippen molar-refractivity contribution in [3.63, 3.8) is 0 Å². The highest BCUT2D eigenvalue weighted by molar-refractivity contribution is 6.07. The van der Waals surface area contributed by atoms with Crippen LogP contribution in [-0.4, -0.2) is 5.78 Å². The SMILES string of the molecule is CC(=O)c1ccc(NOCl)cc1. The monoisotopic (exact) mass is 185 g/mol. The lowest BCUT2D eigenvalue weighted by molar-refractivity contribution is 0.101. The third-order valence-corrected chi connectivity index (χ3v) is 1.53. The molecule has 0 atom stereocenters. The molecule has 0 radical (unpaired) electrons. The van der Waals surface area contributed by atoms with Gasteiger partial charge in [0.15, 0.2) is 5.78 Å². The fourth-order valence-electron chi connectivity index (χ4n) is 0.818. The lowest BCUT2D eigenvalue weighted by Gasteiger charge is -2.00. The summed E-state index contributed by atoms with van der Waals surface area (Å²) in [6.07, 6.45) is 0. The minimum absolute atomic E-state index is 0.0355. The molecule has 1 aromatic rings. The van der Waals surface area contributed by atoms with Gasteiger partial charge in [0.2, 0.25) is 0 Å². The Morgan fingerprint density at radius 2 is 2.00 bits per heavy atom. The van der Waals surface area contributed by atoms with E-state index < -0.39 is 0 Å². The second-order valence-electron chi connectivity index (χ2n) is 2.31. The summed E-state index contributed by atoms with van der Waals surface area (Å²) < 4.78 is 4.17. The van der Waals surface area contributed by atoms with Crippen molar-refractivity contribution < 1.29 is 9.18 Å². The predicted octanol–water partition coefficient (Wildman–Crippen LogP) is 2.39. The third-order valence-electron chi connectivity index (χ3n) is 1.45. The van der Waals surface area contributed by atoms with Gasteiger partial charge in [-0.05, 0) is 31.2 Å². The molecule has 0 saturated heterocycles. The van der Waals surface area contributed by atoms with Crippen LogP contribution in [0.3, 0.4) is 0 Å². The zero-order valence-corrected chi connectivity index (χ0v) is 7.26. The van der Waals surface area contributed by atoms with E-state index in [2.05, 4.69) is 9.87 Å². The molecule has 0 saturated carbocycles. The van der Waals surface area contributed by atoms with E-state index in [1.54, 1.807) is 24.3 Å². The molecule has 0 aliphatic carbocycles. The zero-order valence-electron chi connectivity index (χ0n) is 6.50. The van der Waals surface area contributed by atoms with Crippen molar-refractivity contribution in [2.24, 2.45) is 0 Å². The van der Waals surface area contributed by atoms with Gasteiger partial charge in [0.05, 0.1) is 17.6 Å². The number of benzene rings is 1. The summed E-state index contributed by atoms with van der Waals surface area (Å²) in [5.41, 5.74) is 3.79. The third kappa shape index (κ3) is 2.22. The van der Waals surface area contributed by atoms with E-state index in [4.69, 9.17) is 11.9 Å². The lowest BCUT2D eigenvalue weighted by Crippen LogP contribution is -1.94. The van der Waals surface area contributed by atoms with Gasteiger partial charge in [-0.25, -0.2) is 5.48 Å². The zero-order chi connectivity index (χ0) is 8.97. The van der Waals surface area contributed by atoms with E-state index in [-0.39, 0.29) is 5.78 Å². The summed E-state index contributed by atoms with van der Waals surface area (Å²) in [5, 5.41) is 0. The molecular formula is C8H8ClNO2. The van der Waals surface area contributed by atoms with Crippen molar-refractivity contribution in [2.45, 2.75) is 6.92 Å². The van der Waals surface area contributed by atoms with Gasteiger partial charge in [-0.1, -0.05) is 0 Å². The van der Waals surface area contributed by atoms with Crippen LogP contribution in [-0.2, 0) is 4.39 Å². The van der Waals surface area contributed by atoms with Gasteiger partial charge in [-0.3, -0.25) is 4.79 Å². The first kappa shape index (κ1) is 9.03. The van der Waals surface area contributed by atoms with Crippen molar-refractivity contribution in [1.82, 2.24) is 0 Å². The number of rotatable bonds is 3. The molecule has 0 spiro atoms. The maximum Gasteiger partial charge on any atom is 0.159 e. The van der Waals surface area contributed by atoms with Gasteiger partial charge in [0, 0.05) is 5.56 Å². The van der Waals surface area contributed by atoms with Crippen LogP contribution < -0.4 is 5.48 Å². The van der Waals surface area contributed by atoms with Crippen molar-refractivity contribution in [1.29, 1.82) is 0 Å². The van der Waals surface area contributed by atoms with Crippen LogP contribution in [0.15, 0.2) is 24.3 Å². The molecule has 0 aliphatic heterocycles. The molecule has 3 nitrogen and oxygen atoms in total. The molecule has 0 aliphatic rings. The van der Waals surface area contributed by atoms with Crippen LogP contribution >= 0.6 is 11.9 Å². The van der Waals surface area contributed by atoms with Crippen LogP contribution in [0.1, 0.15) is 17.3 Å². The first-order chi connectivity index (χ1) is 5.74. The summed E-state index contributed by atoms with van der Waals surface area (Å²) in [6.45, 7) is 1.51. The number of Topliss-reactive ketones (excluding diaryl/α,β-unsaturated/α-hetero) is 1.